The van der Waals surface area contributed by atoms with Crippen LogP contribution in [-0.2, 0) is 22.1 Å². The standard InChI is InChI=1S/C18H14BrClF3NO3/c1-27-17(26)15(9-10-8-11(20)6-7-14(10)19)24-16(25)12-4-2-3-5-13(12)18(21,22)23/h2-8,15H,9H2,1H3,(H,24,25)/t15-/m1/s1. The minimum Gasteiger partial charge on any atom is -0.467 e. The summed E-state index contributed by atoms with van der Waals surface area (Å²) >= 11 is 9.24. The van der Waals surface area contributed by atoms with Crippen molar-refractivity contribution in [3.05, 3.63) is 68.7 Å². The number of esters is 1. The summed E-state index contributed by atoms with van der Waals surface area (Å²) in [5.41, 5.74) is -1.08. The van der Waals surface area contributed by atoms with E-state index >= 15 is 0 Å². The number of carbonyl (C=O) groups is 2. The Bertz CT molecular complexity index is 858. The van der Waals surface area contributed by atoms with Gasteiger partial charge in [-0.2, -0.15) is 13.2 Å². The summed E-state index contributed by atoms with van der Waals surface area (Å²) in [6.07, 6.45) is -4.72. The van der Waals surface area contributed by atoms with E-state index in [2.05, 4.69) is 26.0 Å². The molecule has 2 aromatic rings. The molecular formula is C18H14BrClF3NO3. The topological polar surface area (TPSA) is 55.4 Å². The quantitative estimate of drug-likeness (QED) is 0.656. The maximum atomic E-state index is 13.1. The number of rotatable bonds is 5. The van der Waals surface area contributed by atoms with Crippen LogP contribution in [0, 0.1) is 0 Å². The van der Waals surface area contributed by atoms with Gasteiger partial charge in [-0.25, -0.2) is 4.79 Å². The van der Waals surface area contributed by atoms with Crippen molar-refractivity contribution in [2.75, 3.05) is 7.11 Å². The number of hydrogen-bond acceptors (Lipinski definition) is 3. The van der Waals surface area contributed by atoms with Crippen LogP contribution in [0.15, 0.2) is 46.9 Å². The zero-order valence-corrected chi connectivity index (χ0v) is 16.3. The van der Waals surface area contributed by atoms with Gasteiger partial charge in [-0.05, 0) is 35.9 Å². The van der Waals surface area contributed by atoms with Crippen LogP contribution >= 0.6 is 27.5 Å². The monoisotopic (exact) mass is 463 g/mol. The fourth-order valence-corrected chi connectivity index (χ4v) is 3.02. The van der Waals surface area contributed by atoms with E-state index in [0.29, 0.717) is 15.1 Å². The molecule has 0 saturated carbocycles. The summed E-state index contributed by atoms with van der Waals surface area (Å²) in [6, 6.07) is 8.01. The molecule has 144 valence electrons. The Morgan fingerprint density at radius 1 is 1.22 bits per heavy atom. The average molecular weight is 465 g/mol. The number of nitrogens with one attached hydrogen (secondary N) is 1. The molecule has 0 spiro atoms. The summed E-state index contributed by atoms with van der Waals surface area (Å²) in [7, 11) is 1.12. The Hall–Kier alpha value is -2.06. The smallest absolute Gasteiger partial charge is 0.417 e. The Morgan fingerprint density at radius 2 is 1.89 bits per heavy atom. The number of amides is 1. The number of hydrogen-bond donors (Lipinski definition) is 1. The maximum Gasteiger partial charge on any atom is 0.417 e. The highest BCUT2D eigenvalue weighted by Gasteiger charge is 2.35. The van der Waals surface area contributed by atoms with Crippen LogP contribution in [0.5, 0.6) is 0 Å². The fourth-order valence-electron chi connectivity index (χ4n) is 2.42. The van der Waals surface area contributed by atoms with Gasteiger partial charge in [0.2, 0.25) is 0 Å². The lowest BCUT2D eigenvalue weighted by molar-refractivity contribution is -0.142. The molecular weight excluding hydrogens is 451 g/mol. The molecule has 1 N–H and O–H groups in total. The first kappa shape index (κ1) is 21.2. The first-order chi connectivity index (χ1) is 12.6. The van der Waals surface area contributed by atoms with Crippen molar-refractivity contribution in [2.24, 2.45) is 0 Å². The lowest BCUT2D eigenvalue weighted by Gasteiger charge is -2.19. The Balaban J connectivity index is 2.31. The predicted octanol–water partition coefficient (Wildman–Crippen LogP) is 4.64. The van der Waals surface area contributed by atoms with E-state index in [1.54, 1.807) is 18.2 Å². The first-order valence-electron chi connectivity index (χ1n) is 7.62. The second kappa shape index (κ2) is 8.75. The normalized spacial score (nSPS) is 12.4. The third-order valence-electron chi connectivity index (χ3n) is 3.70. The van der Waals surface area contributed by atoms with Crippen molar-refractivity contribution in [3.63, 3.8) is 0 Å². The van der Waals surface area contributed by atoms with Crippen LogP contribution < -0.4 is 5.32 Å². The fraction of sp³-hybridized carbons (Fsp3) is 0.222. The molecule has 1 amide bonds. The molecule has 0 fully saturated rings. The number of carbonyl (C=O) groups excluding carboxylic acids is 2. The van der Waals surface area contributed by atoms with E-state index in [1.807, 2.05) is 0 Å². The van der Waals surface area contributed by atoms with E-state index < -0.39 is 35.2 Å². The number of alkyl halides is 3. The SMILES string of the molecule is COC(=O)[C@@H](Cc1cc(Cl)ccc1Br)NC(=O)c1ccccc1C(F)(F)F. The van der Waals surface area contributed by atoms with Gasteiger partial charge in [0.05, 0.1) is 18.2 Å². The molecule has 0 bridgehead atoms. The summed E-state index contributed by atoms with van der Waals surface area (Å²) in [5, 5.41) is 2.72. The zero-order chi connectivity index (χ0) is 20.2. The van der Waals surface area contributed by atoms with Gasteiger partial charge in [-0.1, -0.05) is 39.7 Å². The predicted molar refractivity (Wildman–Crippen MR) is 97.6 cm³/mol. The number of ether oxygens (including phenoxy) is 1. The lowest BCUT2D eigenvalue weighted by atomic mass is 10.0. The minimum absolute atomic E-state index is 0.0201. The number of methoxy groups -OCH3 is 1. The molecule has 0 radical (unpaired) electrons. The van der Waals surface area contributed by atoms with Gasteiger partial charge in [0.25, 0.3) is 5.91 Å². The van der Waals surface area contributed by atoms with Gasteiger partial charge < -0.3 is 10.1 Å². The molecule has 9 heteroatoms. The second-order valence-corrected chi connectivity index (χ2v) is 6.82. The van der Waals surface area contributed by atoms with E-state index in [9.17, 15) is 22.8 Å². The molecule has 0 aliphatic carbocycles. The third kappa shape index (κ3) is 5.46. The summed E-state index contributed by atoms with van der Waals surface area (Å²) < 4.78 is 44.7. The zero-order valence-electron chi connectivity index (χ0n) is 13.9. The van der Waals surface area contributed by atoms with Crippen LogP contribution in [0.2, 0.25) is 5.02 Å². The highest BCUT2D eigenvalue weighted by Crippen LogP contribution is 2.32. The summed E-state index contributed by atoms with van der Waals surface area (Å²) in [4.78, 5) is 24.5. The summed E-state index contributed by atoms with van der Waals surface area (Å²) in [6.45, 7) is 0. The summed E-state index contributed by atoms with van der Waals surface area (Å²) in [5.74, 6) is -1.82. The molecule has 2 rings (SSSR count). The number of benzene rings is 2. The van der Waals surface area contributed by atoms with Gasteiger partial charge in [0.1, 0.15) is 6.04 Å². The minimum atomic E-state index is -4.70. The molecule has 0 aliphatic heterocycles. The van der Waals surface area contributed by atoms with Gasteiger partial charge in [-0.15, -0.1) is 0 Å². The Kier molecular flexibility index (Phi) is 6.89. The van der Waals surface area contributed by atoms with Crippen LogP contribution in [0.1, 0.15) is 21.5 Å². The number of halogens is 5. The largest absolute Gasteiger partial charge is 0.467 e. The lowest BCUT2D eigenvalue weighted by Crippen LogP contribution is -2.43. The Morgan fingerprint density at radius 3 is 2.52 bits per heavy atom. The molecule has 0 saturated heterocycles. The van der Waals surface area contributed by atoms with Gasteiger partial charge in [0.15, 0.2) is 0 Å². The second-order valence-electron chi connectivity index (χ2n) is 5.53. The highest BCUT2D eigenvalue weighted by molar-refractivity contribution is 9.10. The molecule has 4 nitrogen and oxygen atoms in total. The molecule has 0 aromatic heterocycles. The van der Waals surface area contributed by atoms with E-state index in [4.69, 9.17) is 11.6 Å². The molecule has 1 atom stereocenters. The van der Waals surface area contributed by atoms with E-state index in [-0.39, 0.29) is 6.42 Å². The van der Waals surface area contributed by atoms with E-state index in [0.717, 1.165) is 19.2 Å². The molecule has 0 aliphatic rings. The molecule has 0 unspecified atom stereocenters. The van der Waals surface area contributed by atoms with Crippen molar-refractivity contribution in [3.8, 4) is 0 Å². The highest BCUT2D eigenvalue weighted by atomic mass is 79.9. The maximum absolute atomic E-state index is 13.1. The van der Waals surface area contributed by atoms with Crippen molar-refractivity contribution >= 4 is 39.4 Å². The van der Waals surface area contributed by atoms with Crippen molar-refractivity contribution in [1.82, 2.24) is 5.32 Å². The average Bonchev–Trinajstić information content (AvgIpc) is 2.62. The van der Waals surface area contributed by atoms with Crippen molar-refractivity contribution in [1.29, 1.82) is 0 Å². The van der Waals surface area contributed by atoms with Crippen LogP contribution in [-0.4, -0.2) is 25.0 Å². The van der Waals surface area contributed by atoms with E-state index in [1.165, 1.54) is 12.1 Å². The van der Waals surface area contributed by atoms with Crippen LogP contribution in [0.25, 0.3) is 0 Å². The van der Waals surface area contributed by atoms with Crippen molar-refractivity contribution < 1.29 is 27.5 Å². The van der Waals surface area contributed by atoms with Crippen LogP contribution in [0.3, 0.4) is 0 Å². The Labute approximate surface area is 166 Å². The molecule has 2 aromatic carbocycles. The van der Waals surface area contributed by atoms with Crippen LogP contribution in [0.4, 0.5) is 13.2 Å². The van der Waals surface area contributed by atoms with Gasteiger partial charge in [-0.3, -0.25) is 4.79 Å². The molecule has 27 heavy (non-hydrogen) atoms. The van der Waals surface area contributed by atoms with Crippen molar-refractivity contribution in [2.45, 2.75) is 18.6 Å². The molecule has 0 heterocycles. The third-order valence-corrected chi connectivity index (χ3v) is 4.71. The van der Waals surface area contributed by atoms with Gasteiger partial charge >= 0.3 is 12.1 Å². The van der Waals surface area contributed by atoms with Gasteiger partial charge in [0, 0.05) is 15.9 Å². The first-order valence-corrected chi connectivity index (χ1v) is 8.79.